The molecule has 0 aromatic heterocycles. The summed E-state index contributed by atoms with van der Waals surface area (Å²) in [6.45, 7) is 9.32. The van der Waals surface area contributed by atoms with E-state index in [1.54, 1.807) is 0 Å². The van der Waals surface area contributed by atoms with Gasteiger partial charge in [0.05, 0.1) is 0 Å². The molecule has 0 atom stereocenters. The van der Waals surface area contributed by atoms with Crippen molar-refractivity contribution in [1.29, 1.82) is 0 Å². The minimum Gasteiger partial charge on any atom is -0.489 e. The third-order valence-corrected chi connectivity index (χ3v) is 6.49. The molecule has 1 aliphatic carbocycles. The van der Waals surface area contributed by atoms with E-state index in [0.29, 0.717) is 12.2 Å². The van der Waals surface area contributed by atoms with Gasteiger partial charge in [0.1, 0.15) is 12.4 Å². The highest BCUT2D eigenvalue weighted by Gasteiger charge is 2.38. The van der Waals surface area contributed by atoms with Crippen molar-refractivity contribution in [2.24, 2.45) is 0 Å². The molecule has 2 N–H and O–H groups in total. The summed E-state index contributed by atoms with van der Waals surface area (Å²) in [6, 6.07) is 14.4. The summed E-state index contributed by atoms with van der Waals surface area (Å²) in [4.78, 5) is 12.8. The molecule has 31 heavy (non-hydrogen) atoms. The van der Waals surface area contributed by atoms with Crippen molar-refractivity contribution in [2.75, 3.05) is 0 Å². The van der Waals surface area contributed by atoms with Gasteiger partial charge in [0.15, 0.2) is 0 Å². The van der Waals surface area contributed by atoms with Crippen molar-refractivity contribution >= 4 is 5.91 Å². The van der Waals surface area contributed by atoms with Crippen molar-refractivity contribution in [3.05, 3.63) is 64.7 Å². The van der Waals surface area contributed by atoms with Gasteiger partial charge in [0.25, 0.3) is 5.91 Å². The highest BCUT2D eigenvalue weighted by Crippen LogP contribution is 2.30. The van der Waals surface area contributed by atoms with Crippen LogP contribution < -0.4 is 15.4 Å². The molecule has 166 valence electrons. The van der Waals surface area contributed by atoms with Crippen LogP contribution in [0.1, 0.15) is 80.4 Å². The topological polar surface area (TPSA) is 50.4 Å². The number of fused-ring (bicyclic) bond motifs is 1. The molecule has 2 aliphatic rings. The smallest absolute Gasteiger partial charge is 0.251 e. The van der Waals surface area contributed by atoms with Crippen molar-refractivity contribution in [3.63, 3.8) is 0 Å². The molecule has 2 aromatic rings. The Morgan fingerprint density at radius 2 is 1.68 bits per heavy atom. The van der Waals surface area contributed by atoms with Crippen LogP contribution in [0.2, 0.25) is 0 Å². The Bertz CT molecular complexity index is 915. The molecular weight excluding hydrogens is 384 g/mol. The summed E-state index contributed by atoms with van der Waals surface area (Å²) in [6.07, 6.45) is 6.62. The van der Waals surface area contributed by atoms with Crippen molar-refractivity contribution in [3.8, 4) is 5.75 Å². The Morgan fingerprint density at radius 1 is 1.00 bits per heavy atom. The molecule has 1 heterocycles. The highest BCUT2D eigenvalue weighted by molar-refractivity contribution is 5.94. The lowest BCUT2D eigenvalue weighted by atomic mass is 9.79. The van der Waals surface area contributed by atoms with E-state index in [9.17, 15) is 4.79 Å². The fraction of sp³-hybridized carbons (Fsp3) is 0.519. The maximum Gasteiger partial charge on any atom is 0.251 e. The second-order valence-corrected chi connectivity index (χ2v) is 10.6. The number of aryl methyl sites for hydroxylation is 1. The summed E-state index contributed by atoms with van der Waals surface area (Å²) in [5.41, 5.74) is 4.61. The van der Waals surface area contributed by atoms with Crippen LogP contribution in [-0.2, 0) is 19.4 Å². The van der Waals surface area contributed by atoms with Gasteiger partial charge in [-0.3, -0.25) is 4.79 Å². The molecule has 1 saturated heterocycles. The van der Waals surface area contributed by atoms with E-state index < -0.39 is 0 Å². The van der Waals surface area contributed by atoms with Gasteiger partial charge in [-0.1, -0.05) is 24.3 Å². The SMILES string of the molecule is CC1(C)CC(NC(=O)c2ccc(COc3cccc4c3CCCC4)cc2)CC(C)(C)N1. The summed E-state index contributed by atoms with van der Waals surface area (Å²) in [5, 5.41) is 6.91. The lowest BCUT2D eigenvalue weighted by Gasteiger charge is -2.46. The van der Waals surface area contributed by atoms with Gasteiger partial charge in [-0.25, -0.2) is 0 Å². The first-order chi connectivity index (χ1) is 14.7. The zero-order valence-electron chi connectivity index (χ0n) is 19.4. The fourth-order valence-corrected chi connectivity index (χ4v) is 5.49. The van der Waals surface area contributed by atoms with Crippen LogP contribution in [0.25, 0.3) is 0 Å². The van der Waals surface area contributed by atoms with Crippen molar-refractivity contribution < 1.29 is 9.53 Å². The third kappa shape index (κ3) is 5.48. The third-order valence-electron chi connectivity index (χ3n) is 6.49. The zero-order valence-corrected chi connectivity index (χ0v) is 19.4. The lowest BCUT2D eigenvalue weighted by Crippen LogP contribution is -2.62. The Kier molecular flexibility index (Phi) is 6.11. The van der Waals surface area contributed by atoms with E-state index in [2.05, 4.69) is 56.5 Å². The summed E-state index contributed by atoms with van der Waals surface area (Å²) in [7, 11) is 0. The van der Waals surface area contributed by atoms with Crippen molar-refractivity contribution in [1.82, 2.24) is 10.6 Å². The molecular formula is C27H36N2O2. The average Bonchev–Trinajstić information content (AvgIpc) is 2.70. The summed E-state index contributed by atoms with van der Waals surface area (Å²) >= 11 is 0. The number of rotatable bonds is 5. The monoisotopic (exact) mass is 420 g/mol. The molecule has 0 spiro atoms. The van der Waals surface area contributed by atoms with Crippen LogP contribution in [0.3, 0.4) is 0 Å². The highest BCUT2D eigenvalue weighted by atomic mass is 16.5. The Balaban J connectivity index is 1.36. The predicted octanol–water partition coefficient (Wildman–Crippen LogP) is 5.18. The van der Waals surface area contributed by atoms with Gasteiger partial charge in [-0.2, -0.15) is 0 Å². The molecule has 1 fully saturated rings. The second-order valence-electron chi connectivity index (χ2n) is 10.6. The minimum atomic E-state index is 0.00287. The van der Waals surface area contributed by atoms with Gasteiger partial charge in [0.2, 0.25) is 0 Å². The maximum absolute atomic E-state index is 12.8. The molecule has 1 amide bonds. The maximum atomic E-state index is 12.8. The second kappa shape index (κ2) is 8.66. The number of piperidine rings is 1. The molecule has 1 aliphatic heterocycles. The first kappa shape index (κ1) is 21.9. The first-order valence-electron chi connectivity index (χ1n) is 11.6. The van der Waals surface area contributed by atoms with Crippen LogP contribution in [0.4, 0.5) is 0 Å². The number of ether oxygens (including phenoxy) is 1. The minimum absolute atomic E-state index is 0.00287. The van der Waals surface area contributed by atoms with Gasteiger partial charge in [-0.05, 0) is 101 Å². The number of carbonyl (C=O) groups is 1. The summed E-state index contributed by atoms with van der Waals surface area (Å²) in [5.74, 6) is 1.01. The number of carbonyl (C=O) groups excluding carboxylic acids is 1. The Morgan fingerprint density at radius 3 is 2.39 bits per heavy atom. The zero-order chi connectivity index (χ0) is 22.1. The Hall–Kier alpha value is -2.33. The molecule has 4 heteroatoms. The van der Waals surface area contributed by atoms with E-state index in [1.807, 2.05) is 24.3 Å². The molecule has 2 aromatic carbocycles. The molecule has 0 bridgehead atoms. The van der Waals surface area contributed by atoms with Crippen LogP contribution in [0.15, 0.2) is 42.5 Å². The first-order valence-corrected chi connectivity index (χ1v) is 11.6. The van der Waals surface area contributed by atoms with Crippen LogP contribution in [0.5, 0.6) is 5.75 Å². The van der Waals surface area contributed by atoms with E-state index in [4.69, 9.17) is 4.74 Å². The number of benzene rings is 2. The fourth-order valence-electron chi connectivity index (χ4n) is 5.49. The van der Waals surface area contributed by atoms with E-state index in [0.717, 1.165) is 37.0 Å². The van der Waals surface area contributed by atoms with Crippen LogP contribution in [-0.4, -0.2) is 23.0 Å². The Labute approximate surface area is 186 Å². The number of hydrogen-bond acceptors (Lipinski definition) is 3. The predicted molar refractivity (Wildman–Crippen MR) is 126 cm³/mol. The average molecular weight is 421 g/mol. The molecule has 0 saturated carbocycles. The molecule has 0 radical (unpaired) electrons. The van der Waals surface area contributed by atoms with Crippen LogP contribution >= 0.6 is 0 Å². The van der Waals surface area contributed by atoms with E-state index >= 15 is 0 Å². The summed E-state index contributed by atoms with van der Waals surface area (Å²) < 4.78 is 6.15. The van der Waals surface area contributed by atoms with Crippen LogP contribution in [0, 0.1) is 0 Å². The molecule has 0 unspecified atom stereocenters. The van der Waals surface area contributed by atoms with Gasteiger partial charge < -0.3 is 15.4 Å². The molecule has 4 nitrogen and oxygen atoms in total. The number of hydrogen-bond donors (Lipinski definition) is 2. The number of nitrogens with one attached hydrogen (secondary N) is 2. The quantitative estimate of drug-likeness (QED) is 0.700. The molecule has 4 rings (SSSR count). The standard InChI is InChI=1S/C27H36N2O2/c1-26(2)16-22(17-27(3,4)29-26)28-25(30)21-14-12-19(13-15-21)18-31-24-11-7-9-20-8-5-6-10-23(20)24/h7,9,11-15,22,29H,5-6,8,10,16-18H2,1-4H3,(H,28,30). The largest absolute Gasteiger partial charge is 0.489 e. The van der Waals surface area contributed by atoms with Crippen molar-refractivity contribution in [2.45, 2.75) is 89.9 Å². The van der Waals surface area contributed by atoms with Gasteiger partial charge in [-0.15, -0.1) is 0 Å². The van der Waals surface area contributed by atoms with E-state index in [1.165, 1.54) is 24.0 Å². The lowest BCUT2D eigenvalue weighted by molar-refractivity contribution is 0.0873. The van der Waals surface area contributed by atoms with Gasteiger partial charge in [0, 0.05) is 22.7 Å². The van der Waals surface area contributed by atoms with Gasteiger partial charge >= 0.3 is 0 Å². The number of amides is 1. The normalized spacial score (nSPS) is 20.0. The van der Waals surface area contributed by atoms with E-state index in [-0.39, 0.29) is 23.0 Å².